The Morgan fingerprint density at radius 3 is 2.83 bits per heavy atom. The van der Waals surface area contributed by atoms with Gasteiger partial charge in [0.05, 0.1) is 0 Å². The summed E-state index contributed by atoms with van der Waals surface area (Å²) in [4.78, 5) is 0. The predicted molar refractivity (Wildman–Crippen MR) is 56.3 cm³/mol. The van der Waals surface area contributed by atoms with Crippen LogP contribution in [0.4, 0.5) is 4.39 Å². The van der Waals surface area contributed by atoms with Gasteiger partial charge in [-0.25, -0.2) is 4.39 Å². The Morgan fingerprint density at radius 1 is 1.58 bits per heavy atom. The molecule has 1 aromatic carbocycles. The van der Waals surface area contributed by atoms with Crippen molar-refractivity contribution in [2.75, 3.05) is 0 Å². The van der Waals surface area contributed by atoms with Crippen LogP contribution in [0.5, 0.6) is 0 Å². The van der Waals surface area contributed by atoms with Gasteiger partial charge in [0.25, 0.3) is 0 Å². The molecule has 12 heavy (non-hydrogen) atoms. The SMILES string of the molecule is CC[C@H](N)c1cc(F)ccc1I. The van der Waals surface area contributed by atoms with Crippen molar-refractivity contribution in [2.45, 2.75) is 19.4 Å². The quantitative estimate of drug-likeness (QED) is 0.828. The van der Waals surface area contributed by atoms with E-state index < -0.39 is 0 Å². The molecular formula is C9H11FIN. The fraction of sp³-hybridized carbons (Fsp3) is 0.333. The smallest absolute Gasteiger partial charge is 0.123 e. The Labute approximate surface area is 85.3 Å². The molecule has 1 atom stereocenters. The average molecular weight is 279 g/mol. The summed E-state index contributed by atoms with van der Waals surface area (Å²) in [7, 11) is 0. The highest BCUT2D eigenvalue weighted by molar-refractivity contribution is 14.1. The minimum absolute atomic E-state index is 0.0485. The van der Waals surface area contributed by atoms with Gasteiger partial charge in [0, 0.05) is 9.61 Å². The maximum absolute atomic E-state index is 12.8. The summed E-state index contributed by atoms with van der Waals surface area (Å²) in [5, 5.41) is 0. The van der Waals surface area contributed by atoms with Gasteiger partial charge in [-0.3, -0.25) is 0 Å². The Hall–Kier alpha value is -0.160. The van der Waals surface area contributed by atoms with E-state index in [1.807, 2.05) is 6.92 Å². The van der Waals surface area contributed by atoms with Gasteiger partial charge in [-0.1, -0.05) is 6.92 Å². The Kier molecular flexibility index (Phi) is 3.46. The molecule has 0 bridgehead atoms. The largest absolute Gasteiger partial charge is 0.324 e. The molecule has 0 spiro atoms. The summed E-state index contributed by atoms with van der Waals surface area (Å²) in [6.45, 7) is 1.99. The number of hydrogen-bond acceptors (Lipinski definition) is 1. The molecule has 1 nitrogen and oxygen atoms in total. The molecule has 0 amide bonds. The van der Waals surface area contributed by atoms with Crippen LogP contribution in [-0.4, -0.2) is 0 Å². The third kappa shape index (κ3) is 2.17. The lowest BCUT2D eigenvalue weighted by Gasteiger charge is -2.10. The van der Waals surface area contributed by atoms with Crippen LogP contribution in [0.15, 0.2) is 18.2 Å². The van der Waals surface area contributed by atoms with Crippen LogP contribution in [0.3, 0.4) is 0 Å². The lowest BCUT2D eigenvalue weighted by molar-refractivity contribution is 0.615. The first-order chi connectivity index (χ1) is 5.65. The minimum Gasteiger partial charge on any atom is -0.324 e. The first-order valence-corrected chi connectivity index (χ1v) is 4.93. The van der Waals surface area contributed by atoms with E-state index >= 15 is 0 Å². The molecule has 0 aliphatic heterocycles. The topological polar surface area (TPSA) is 26.0 Å². The van der Waals surface area contributed by atoms with E-state index in [9.17, 15) is 4.39 Å². The number of hydrogen-bond donors (Lipinski definition) is 1. The van der Waals surface area contributed by atoms with Crippen molar-refractivity contribution in [3.8, 4) is 0 Å². The van der Waals surface area contributed by atoms with Crippen LogP contribution >= 0.6 is 22.6 Å². The molecule has 0 aliphatic rings. The third-order valence-corrected chi connectivity index (χ3v) is 2.78. The average Bonchev–Trinajstić information content (AvgIpc) is 2.08. The van der Waals surface area contributed by atoms with Crippen LogP contribution in [0, 0.1) is 9.39 Å². The van der Waals surface area contributed by atoms with Gasteiger partial charge in [0.15, 0.2) is 0 Å². The zero-order valence-electron chi connectivity index (χ0n) is 6.85. The zero-order chi connectivity index (χ0) is 9.14. The van der Waals surface area contributed by atoms with E-state index in [0.29, 0.717) is 0 Å². The Balaban J connectivity index is 3.04. The molecule has 2 N–H and O–H groups in total. The molecule has 3 heteroatoms. The normalized spacial score (nSPS) is 13.0. The van der Waals surface area contributed by atoms with Crippen LogP contribution in [0.2, 0.25) is 0 Å². The predicted octanol–water partition coefficient (Wildman–Crippen LogP) is 2.84. The summed E-state index contributed by atoms with van der Waals surface area (Å²) >= 11 is 2.17. The number of halogens is 2. The highest BCUT2D eigenvalue weighted by Gasteiger charge is 2.07. The molecule has 66 valence electrons. The van der Waals surface area contributed by atoms with Crippen LogP contribution < -0.4 is 5.73 Å². The van der Waals surface area contributed by atoms with Crippen molar-refractivity contribution in [3.63, 3.8) is 0 Å². The van der Waals surface area contributed by atoms with Crippen molar-refractivity contribution in [1.29, 1.82) is 0 Å². The highest BCUT2D eigenvalue weighted by atomic mass is 127. The van der Waals surface area contributed by atoms with E-state index in [-0.39, 0.29) is 11.9 Å². The van der Waals surface area contributed by atoms with E-state index in [0.717, 1.165) is 15.6 Å². The van der Waals surface area contributed by atoms with E-state index in [2.05, 4.69) is 22.6 Å². The van der Waals surface area contributed by atoms with Gasteiger partial charge < -0.3 is 5.73 Å². The molecule has 0 fully saturated rings. The summed E-state index contributed by atoms with van der Waals surface area (Å²) in [5.41, 5.74) is 6.69. The molecule has 0 aliphatic carbocycles. The molecule has 0 heterocycles. The second kappa shape index (κ2) is 4.18. The standard InChI is InChI=1S/C9H11FIN/c1-2-9(12)7-5-6(10)3-4-8(7)11/h3-5,9H,2,12H2,1H3/t9-/m0/s1. The van der Waals surface area contributed by atoms with Crippen molar-refractivity contribution in [1.82, 2.24) is 0 Å². The molecule has 1 aromatic rings. The maximum atomic E-state index is 12.8. The Bertz CT molecular complexity index is 275. The van der Waals surface area contributed by atoms with E-state index in [1.165, 1.54) is 12.1 Å². The van der Waals surface area contributed by atoms with Crippen molar-refractivity contribution >= 4 is 22.6 Å². The summed E-state index contributed by atoms with van der Waals surface area (Å²) in [5.74, 6) is -0.214. The summed E-state index contributed by atoms with van der Waals surface area (Å²) < 4.78 is 13.8. The molecular weight excluding hydrogens is 268 g/mol. The fourth-order valence-electron chi connectivity index (χ4n) is 1.02. The van der Waals surface area contributed by atoms with Gasteiger partial charge in [0.2, 0.25) is 0 Å². The van der Waals surface area contributed by atoms with Crippen molar-refractivity contribution in [2.24, 2.45) is 5.73 Å². The molecule has 1 rings (SSSR count). The first kappa shape index (κ1) is 9.92. The number of nitrogens with two attached hydrogens (primary N) is 1. The van der Waals surface area contributed by atoms with Crippen molar-refractivity contribution < 1.29 is 4.39 Å². The van der Waals surface area contributed by atoms with Crippen molar-refractivity contribution in [3.05, 3.63) is 33.1 Å². The number of rotatable bonds is 2. The van der Waals surface area contributed by atoms with Crippen LogP contribution in [-0.2, 0) is 0 Å². The van der Waals surface area contributed by atoms with Crippen LogP contribution in [0.25, 0.3) is 0 Å². The summed E-state index contributed by atoms with van der Waals surface area (Å²) in [6, 6.07) is 4.66. The third-order valence-electron chi connectivity index (χ3n) is 1.80. The van der Waals surface area contributed by atoms with E-state index in [4.69, 9.17) is 5.73 Å². The van der Waals surface area contributed by atoms with Gasteiger partial charge >= 0.3 is 0 Å². The molecule has 0 saturated carbocycles. The first-order valence-electron chi connectivity index (χ1n) is 3.85. The Morgan fingerprint density at radius 2 is 2.25 bits per heavy atom. The number of benzene rings is 1. The molecule has 0 radical (unpaired) electrons. The highest BCUT2D eigenvalue weighted by Crippen LogP contribution is 2.21. The van der Waals surface area contributed by atoms with E-state index in [1.54, 1.807) is 6.07 Å². The summed E-state index contributed by atoms with van der Waals surface area (Å²) in [6.07, 6.45) is 0.833. The lowest BCUT2D eigenvalue weighted by atomic mass is 10.1. The maximum Gasteiger partial charge on any atom is 0.123 e. The zero-order valence-corrected chi connectivity index (χ0v) is 9.01. The fourth-order valence-corrected chi connectivity index (χ4v) is 1.75. The lowest BCUT2D eigenvalue weighted by Crippen LogP contribution is -2.10. The van der Waals surface area contributed by atoms with Gasteiger partial charge in [0.1, 0.15) is 5.82 Å². The van der Waals surface area contributed by atoms with Gasteiger partial charge in [-0.2, -0.15) is 0 Å². The minimum atomic E-state index is -0.214. The van der Waals surface area contributed by atoms with Crippen LogP contribution in [0.1, 0.15) is 24.9 Å². The molecule has 0 saturated heterocycles. The second-order valence-corrected chi connectivity index (χ2v) is 3.84. The second-order valence-electron chi connectivity index (χ2n) is 2.68. The monoisotopic (exact) mass is 279 g/mol. The molecule has 0 unspecified atom stereocenters. The van der Waals surface area contributed by atoms with Gasteiger partial charge in [-0.05, 0) is 52.8 Å². The van der Waals surface area contributed by atoms with Gasteiger partial charge in [-0.15, -0.1) is 0 Å². The molecule has 0 aromatic heterocycles.